The predicted molar refractivity (Wildman–Crippen MR) is 114 cm³/mol. The molecule has 0 bridgehead atoms. The SMILES string of the molecule is COc1ccc(Nc2nnc(SCC(=O)Nc3cccc(SC)c3)s2)cc1. The number of hydrogen-bond donors (Lipinski definition) is 2. The summed E-state index contributed by atoms with van der Waals surface area (Å²) in [5, 5.41) is 15.0. The van der Waals surface area contributed by atoms with E-state index in [1.807, 2.05) is 54.8 Å². The van der Waals surface area contributed by atoms with Crippen molar-refractivity contribution in [3.05, 3.63) is 48.5 Å². The van der Waals surface area contributed by atoms with E-state index in [2.05, 4.69) is 20.8 Å². The summed E-state index contributed by atoms with van der Waals surface area (Å²) < 4.78 is 5.87. The number of nitrogens with one attached hydrogen (secondary N) is 2. The van der Waals surface area contributed by atoms with Crippen molar-refractivity contribution in [2.75, 3.05) is 29.8 Å². The summed E-state index contributed by atoms with van der Waals surface area (Å²) in [5.41, 5.74) is 1.70. The molecule has 0 spiro atoms. The molecule has 1 aromatic heterocycles. The first-order valence-electron chi connectivity index (χ1n) is 7.97. The fourth-order valence-corrected chi connectivity index (χ4v) is 4.17. The Morgan fingerprint density at radius 2 is 1.96 bits per heavy atom. The molecule has 0 aliphatic rings. The van der Waals surface area contributed by atoms with Crippen LogP contribution in [0.1, 0.15) is 0 Å². The Balaban J connectivity index is 1.50. The minimum Gasteiger partial charge on any atom is -0.497 e. The molecule has 3 aromatic rings. The van der Waals surface area contributed by atoms with Gasteiger partial charge in [-0.05, 0) is 48.7 Å². The molecule has 140 valence electrons. The maximum atomic E-state index is 12.1. The number of anilines is 3. The van der Waals surface area contributed by atoms with Gasteiger partial charge in [0, 0.05) is 16.3 Å². The van der Waals surface area contributed by atoms with Crippen LogP contribution in [0, 0.1) is 0 Å². The molecule has 2 aromatic carbocycles. The minimum atomic E-state index is -0.0712. The van der Waals surface area contributed by atoms with Gasteiger partial charge in [-0.3, -0.25) is 4.79 Å². The summed E-state index contributed by atoms with van der Waals surface area (Å²) in [4.78, 5) is 13.2. The fraction of sp³-hybridized carbons (Fsp3) is 0.167. The average Bonchev–Trinajstić information content (AvgIpc) is 3.14. The molecule has 1 heterocycles. The molecule has 0 aliphatic carbocycles. The van der Waals surface area contributed by atoms with Crippen LogP contribution in [0.25, 0.3) is 0 Å². The Kier molecular flexibility index (Phi) is 6.97. The number of nitrogens with zero attached hydrogens (tertiary/aromatic N) is 2. The Hall–Kier alpha value is -2.23. The summed E-state index contributed by atoms with van der Waals surface area (Å²) in [5.74, 6) is 1.00. The zero-order chi connectivity index (χ0) is 19.1. The minimum absolute atomic E-state index is 0.0712. The van der Waals surface area contributed by atoms with Crippen molar-refractivity contribution in [1.82, 2.24) is 10.2 Å². The van der Waals surface area contributed by atoms with Crippen LogP contribution in [0.3, 0.4) is 0 Å². The molecule has 9 heteroatoms. The smallest absolute Gasteiger partial charge is 0.234 e. The van der Waals surface area contributed by atoms with E-state index < -0.39 is 0 Å². The number of carbonyl (C=O) groups is 1. The lowest BCUT2D eigenvalue weighted by Gasteiger charge is -2.05. The van der Waals surface area contributed by atoms with Crippen LogP contribution >= 0.6 is 34.9 Å². The molecular formula is C18H18N4O2S3. The molecule has 0 radical (unpaired) electrons. The van der Waals surface area contributed by atoms with Gasteiger partial charge in [0.15, 0.2) is 4.34 Å². The first-order valence-corrected chi connectivity index (χ1v) is 11.0. The van der Waals surface area contributed by atoms with Crippen molar-refractivity contribution >= 4 is 57.3 Å². The number of methoxy groups -OCH3 is 1. The quantitative estimate of drug-likeness (QED) is 0.512. The van der Waals surface area contributed by atoms with Crippen LogP contribution < -0.4 is 15.4 Å². The number of ether oxygens (including phenoxy) is 1. The van der Waals surface area contributed by atoms with Gasteiger partial charge in [-0.15, -0.1) is 22.0 Å². The molecule has 0 unspecified atom stereocenters. The number of amides is 1. The molecular weight excluding hydrogens is 400 g/mol. The molecule has 0 atom stereocenters. The van der Waals surface area contributed by atoms with Gasteiger partial charge in [0.1, 0.15) is 5.75 Å². The molecule has 3 rings (SSSR count). The van der Waals surface area contributed by atoms with E-state index in [0.29, 0.717) is 5.13 Å². The number of aromatic nitrogens is 2. The van der Waals surface area contributed by atoms with Crippen LogP contribution in [0.4, 0.5) is 16.5 Å². The van der Waals surface area contributed by atoms with Crippen molar-refractivity contribution in [3.63, 3.8) is 0 Å². The van der Waals surface area contributed by atoms with Gasteiger partial charge in [0.25, 0.3) is 0 Å². The van der Waals surface area contributed by atoms with Crippen LogP contribution in [0.2, 0.25) is 0 Å². The molecule has 6 nitrogen and oxygen atoms in total. The largest absolute Gasteiger partial charge is 0.497 e. The lowest BCUT2D eigenvalue weighted by Crippen LogP contribution is -2.13. The number of benzene rings is 2. The Morgan fingerprint density at radius 3 is 2.70 bits per heavy atom. The van der Waals surface area contributed by atoms with E-state index in [-0.39, 0.29) is 11.7 Å². The molecule has 0 saturated carbocycles. The van der Waals surface area contributed by atoms with Crippen LogP contribution in [0.15, 0.2) is 57.8 Å². The normalized spacial score (nSPS) is 10.4. The van der Waals surface area contributed by atoms with Crippen molar-refractivity contribution in [3.8, 4) is 5.75 Å². The number of carbonyl (C=O) groups excluding carboxylic acids is 1. The third-order valence-corrected chi connectivity index (χ3v) is 6.13. The van der Waals surface area contributed by atoms with Crippen molar-refractivity contribution in [2.45, 2.75) is 9.24 Å². The molecule has 0 saturated heterocycles. The van der Waals surface area contributed by atoms with Gasteiger partial charge in [0.05, 0.1) is 12.9 Å². The third kappa shape index (κ3) is 5.88. The zero-order valence-corrected chi connectivity index (χ0v) is 17.2. The van der Waals surface area contributed by atoms with E-state index >= 15 is 0 Å². The lowest BCUT2D eigenvalue weighted by atomic mass is 10.3. The van der Waals surface area contributed by atoms with E-state index in [4.69, 9.17) is 4.74 Å². The van der Waals surface area contributed by atoms with Crippen molar-refractivity contribution in [2.24, 2.45) is 0 Å². The monoisotopic (exact) mass is 418 g/mol. The molecule has 0 fully saturated rings. The van der Waals surface area contributed by atoms with Crippen molar-refractivity contribution < 1.29 is 9.53 Å². The maximum absolute atomic E-state index is 12.1. The highest BCUT2D eigenvalue weighted by Gasteiger charge is 2.09. The fourth-order valence-electron chi connectivity index (χ4n) is 2.14. The van der Waals surface area contributed by atoms with Gasteiger partial charge < -0.3 is 15.4 Å². The number of thioether (sulfide) groups is 2. The molecule has 1 amide bonds. The lowest BCUT2D eigenvalue weighted by molar-refractivity contribution is -0.113. The summed E-state index contributed by atoms with van der Waals surface area (Å²) in [6.07, 6.45) is 2.00. The highest BCUT2D eigenvalue weighted by molar-refractivity contribution is 8.01. The Morgan fingerprint density at radius 1 is 1.15 bits per heavy atom. The molecule has 27 heavy (non-hydrogen) atoms. The van der Waals surface area contributed by atoms with Gasteiger partial charge in [0.2, 0.25) is 11.0 Å². The predicted octanol–water partition coefficient (Wildman–Crippen LogP) is 4.74. The highest BCUT2D eigenvalue weighted by atomic mass is 32.2. The van der Waals surface area contributed by atoms with E-state index in [1.165, 1.54) is 23.1 Å². The number of rotatable bonds is 8. The average molecular weight is 419 g/mol. The Bertz CT molecular complexity index is 900. The molecule has 0 aliphatic heterocycles. The second kappa shape index (κ2) is 9.63. The van der Waals surface area contributed by atoms with Gasteiger partial charge in [-0.1, -0.05) is 29.2 Å². The van der Waals surface area contributed by atoms with Gasteiger partial charge >= 0.3 is 0 Å². The van der Waals surface area contributed by atoms with Crippen LogP contribution in [0.5, 0.6) is 5.75 Å². The second-order valence-electron chi connectivity index (χ2n) is 5.30. The summed E-state index contributed by atoms with van der Waals surface area (Å²) in [6, 6.07) is 15.3. The standard InChI is InChI=1S/C18H18N4O2S3/c1-24-14-8-6-12(7-9-14)20-17-21-22-18(27-17)26-11-16(23)19-13-4-3-5-15(10-13)25-2/h3-10H,11H2,1-2H3,(H,19,23)(H,20,21). The summed E-state index contributed by atoms with van der Waals surface area (Å²) in [7, 11) is 1.63. The molecule has 2 N–H and O–H groups in total. The maximum Gasteiger partial charge on any atom is 0.234 e. The second-order valence-corrected chi connectivity index (χ2v) is 8.38. The summed E-state index contributed by atoms with van der Waals surface area (Å²) >= 11 is 4.41. The third-order valence-electron chi connectivity index (χ3n) is 3.43. The van der Waals surface area contributed by atoms with Crippen LogP contribution in [-0.4, -0.2) is 35.2 Å². The van der Waals surface area contributed by atoms with Gasteiger partial charge in [-0.25, -0.2) is 0 Å². The zero-order valence-electron chi connectivity index (χ0n) is 14.8. The van der Waals surface area contributed by atoms with Crippen molar-refractivity contribution in [1.29, 1.82) is 0 Å². The van der Waals surface area contributed by atoms with E-state index in [0.717, 1.165) is 26.4 Å². The first kappa shape index (κ1) is 19.5. The van der Waals surface area contributed by atoms with E-state index in [1.54, 1.807) is 18.9 Å². The van der Waals surface area contributed by atoms with Crippen LogP contribution in [-0.2, 0) is 4.79 Å². The Labute approximate surface area is 170 Å². The van der Waals surface area contributed by atoms with E-state index in [9.17, 15) is 4.79 Å². The number of hydrogen-bond acceptors (Lipinski definition) is 8. The van der Waals surface area contributed by atoms with Gasteiger partial charge in [-0.2, -0.15) is 0 Å². The summed E-state index contributed by atoms with van der Waals surface area (Å²) in [6.45, 7) is 0. The highest BCUT2D eigenvalue weighted by Crippen LogP contribution is 2.28. The topological polar surface area (TPSA) is 76.1 Å². The first-order chi connectivity index (χ1) is 13.2.